The van der Waals surface area contributed by atoms with Crippen LogP contribution < -0.4 is 15.4 Å². The lowest BCUT2D eigenvalue weighted by Gasteiger charge is -2.36. The number of aromatic nitrogens is 2. The number of nitrogens with one attached hydrogen (secondary N) is 2. The number of anilines is 1. The Bertz CT molecular complexity index is 2050. The van der Waals surface area contributed by atoms with Gasteiger partial charge in [0.25, 0.3) is 0 Å². The molecule has 7 rings (SSSR count). The molecule has 1 saturated heterocycles. The molecule has 9 nitrogen and oxygen atoms in total. The van der Waals surface area contributed by atoms with Gasteiger partial charge in [0.1, 0.15) is 11.5 Å². The first-order valence-electron chi connectivity index (χ1n) is 17.2. The van der Waals surface area contributed by atoms with E-state index in [4.69, 9.17) is 14.2 Å². The van der Waals surface area contributed by atoms with Gasteiger partial charge in [0.15, 0.2) is 11.4 Å². The maximum Gasteiger partial charge on any atom is 0.319 e. The molecule has 264 valence electrons. The number of benzene rings is 5. The second kappa shape index (κ2) is 16.8. The molecule has 0 unspecified atom stereocenters. The second-order valence-corrected chi connectivity index (χ2v) is 13.5. The Labute approximate surface area is 307 Å². The number of carbonyl (C=O) groups is 1. The van der Waals surface area contributed by atoms with Crippen LogP contribution in [-0.2, 0) is 29.7 Å². The van der Waals surface area contributed by atoms with E-state index in [0.29, 0.717) is 24.4 Å². The number of carbonyl (C=O) groups excluding carboxylic acids is 1. The number of thioether (sulfide) groups is 1. The highest BCUT2D eigenvalue weighted by Gasteiger charge is 2.32. The molecule has 5 aromatic carbocycles. The van der Waals surface area contributed by atoms with Gasteiger partial charge in [0.2, 0.25) is 0 Å². The summed E-state index contributed by atoms with van der Waals surface area (Å²) in [6, 6.07) is 40.8. The third-order valence-corrected chi connectivity index (χ3v) is 9.97. The zero-order chi connectivity index (χ0) is 35.7. The molecule has 10 heteroatoms. The van der Waals surface area contributed by atoms with Crippen molar-refractivity contribution in [1.29, 1.82) is 0 Å². The van der Waals surface area contributed by atoms with Crippen molar-refractivity contribution in [2.75, 3.05) is 11.1 Å². The Kier molecular flexibility index (Phi) is 11.3. The van der Waals surface area contributed by atoms with Crippen molar-refractivity contribution in [2.24, 2.45) is 7.05 Å². The summed E-state index contributed by atoms with van der Waals surface area (Å²) in [5.41, 5.74) is 6.58. The topological polar surface area (TPSA) is 107 Å². The number of imidazole rings is 1. The van der Waals surface area contributed by atoms with Gasteiger partial charge < -0.3 is 34.5 Å². The Morgan fingerprint density at radius 1 is 0.846 bits per heavy atom. The Morgan fingerprint density at radius 2 is 1.60 bits per heavy atom. The average Bonchev–Trinajstić information content (AvgIpc) is 3.61. The molecule has 3 N–H and O–H groups in total. The fourth-order valence-electron chi connectivity index (χ4n) is 5.96. The van der Waals surface area contributed by atoms with Crippen molar-refractivity contribution in [2.45, 2.75) is 43.2 Å². The highest BCUT2D eigenvalue weighted by atomic mass is 32.2. The first-order valence-corrected chi connectivity index (χ1v) is 18.2. The largest absolute Gasteiger partial charge is 0.457 e. The standard InChI is InChI=1S/C42H40N4O5S/c1-46-23-22-43-42(46)52-28-38-25-39(32-12-10-29(27-47)11-13-32)51-40(50-38)33-16-14-31(15-17-33)34-7-5-6-30(24-34)26-44-41(48)45-35-18-20-37(21-19-35)49-36-8-3-2-4-9-36/h2-24,38-40,47H,25-28H2,1H3,(H2,44,45,48)/t38-,39+,40+/m0/s1. The minimum absolute atomic E-state index is 0.00315. The lowest BCUT2D eigenvalue weighted by atomic mass is 9.99. The summed E-state index contributed by atoms with van der Waals surface area (Å²) in [5.74, 6) is 2.18. The number of para-hydroxylation sites is 1. The zero-order valence-electron chi connectivity index (χ0n) is 28.7. The molecular weight excluding hydrogens is 673 g/mol. The van der Waals surface area contributed by atoms with Crippen molar-refractivity contribution >= 4 is 23.5 Å². The third kappa shape index (κ3) is 9.09. The van der Waals surface area contributed by atoms with Crippen LogP contribution in [0.4, 0.5) is 10.5 Å². The van der Waals surface area contributed by atoms with Crippen LogP contribution >= 0.6 is 11.8 Å². The molecule has 1 fully saturated rings. The molecule has 0 bridgehead atoms. The van der Waals surface area contributed by atoms with Crippen molar-refractivity contribution in [1.82, 2.24) is 14.9 Å². The van der Waals surface area contributed by atoms with Gasteiger partial charge in [-0.1, -0.05) is 96.7 Å². The number of nitrogens with zero attached hydrogens (tertiary/aromatic N) is 2. The molecule has 52 heavy (non-hydrogen) atoms. The molecule has 3 atom stereocenters. The monoisotopic (exact) mass is 712 g/mol. The van der Waals surface area contributed by atoms with E-state index in [0.717, 1.165) is 50.0 Å². The van der Waals surface area contributed by atoms with E-state index in [2.05, 4.69) is 52.0 Å². The predicted molar refractivity (Wildman–Crippen MR) is 203 cm³/mol. The van der Waals surface area contributed by atoms with Crippen LogP contribution in [0.1, 0.15) is 41.1 Å². The summed E-state index contributed by atoms with van der Waals surface area (Å²) in [6.45, 7) is 0.373. The quantitative estimate of drug-likeness (QED) is 0.109. The van der Waals surface area contributed by atoms with Crippen LogP contribution in [-0.4, -0.2) is 32.5 Å². The summed E-state index contributed by atoms with van der Waals surface area (Å²) in [5, 5.41) is 16.3. The third-order valence-electron chi connectivity index (χ3n) is 8.78. The van der Waals surface area contributed by atoms with Gasteiger partial charge >= 0.3 is 6.03 Å². The lowest BCUT2D eigenvalue weighted by Crippen LogP contribution is -2.31. The Balaban J connectivity index is 0.970. The molecular formula is C42H40N4O5S. The van der Waals surface area contributed by atoms with Gasteiger partial charge in [-0.3, -0.25) is 0 Å². The summed E-state index contributed by atoms with van der Waals surface area (Å²) in [6.07, 6.45) is 3.69. The minimum atomic E-state index is -0.543. The summed E-state index contributed by atoms with van der Waals surface area (Å²) >= 11 is 1.67. The van der Waals surface area contributed by atoms with E-state index in [-0.39, 0.29) is 24.8 Å². The maximum absolute atomic E-state index is 12.7. The number of aliphatic hydroxyl groups excluding tert-OH is 1. The van der Waals surface area contributed by atoms with Gasteiger partial charge in [-0.05, 0) is 70.3 Å². The molecule has 1 aliphatic heterocycles. The first kappa shape index (κ1) is 35.0. The number of amides is 2. The van der Waals surface area contributed by atoms with E-state index in [1.807, 2.05) is 109 Å². The highest BCUT2D eigenvalue weighted by Crippen LogP contribution is 2.40. The number of aryl methyl sites for hydroxylation is 1. The molecule has 6 aromatic rings. The number of hydrogen-bond donors (Lipinski definition) is 3. The highest BCUT2D eigenvalue weighted by molar-refractivity contribution is 7.99. The fraction of sp³-hybridized carbons (Fsp3) is 0.190. The van der Waals surface area contributed by atoms with Crippen LogP contribution in [0, 0.1) is 0 Å². The number of aliphatic hydroxyl groups is 1. The Hall–Kier alpha value is -5.39. The number of urea groups is 1. The maximum atomic E-state index is 12.7. The molecule has 1 aromatic heterocycles. The van der Waals surface area contributed by atoms with Gasteiger partial charge in [0, 0.05) is 49.4 Å². The minimum Gasteiger partial charge on any atom is -0.457 e. The molecule has 2 heterocycles. The van der Waals surface area contributed by atoms with Crippen molar-refractivity contribution < 1.29 is 24.1 Å². The number of ether oxygens (including phenoxy) is 3. The number of hydrogen-bond acceptors (Lipinski definition) is 7. The van der Waals surface area contributed by atoms with Crippen molar-refractivity contribution in [3.8, 4) is 22.6 Å². The van der Waals surface area contributed by atoms with Crippen LogP contribution in [0.2, 0.25) is 0 Å². The van der Waals surface area contributed by atoms with Gasteiger partial charge in [-0.15, -0.1) is 0 Å². The van der Waals surface area contributed by atoms with Crippen LogP contribution in [0.5, 0.6) is 11.5 Å². The molecule has 0 aliphatic carbocycles. The molecule has 0 saturated carbocycles. The van der Waals surface area contributed by atoms with E-state index < -0.39 is 6.29 Å². The van der Waals surface area contributed by atoms with E-state index in [1.165, 1.54) is 0 Å². The van der Waals surface area contributed by atoms with Gasteiger partial charge in [0.05, 0.1) is 18.8 Å². The molecule has 1 aliphatic rings. The second-order valence-electron chi connectivity index (χ2n) is 12.6. The zero-order valence-corrected chi connectivity index (χ0v) is 29.5. The van der Waals surface area contributed by atoms with E-state index >= 15 is 0 Å². The van der Waals surface area contributed by atoms with Gasteiger partial charge in [-0.25, -0.2) is 9.78 Å². The van der Waals surface area contributed by atoms with Gasteiger partial charge in [-0.2, -0.15) is 0 Å². The van der Waals surface area contributed by atoms with Crippen LogP contribution in [0.15, 0.2) is 145 Å². The first-order chi connectivity index (χ1) is 25.5. The van der Waals surface area contributed by atoms with Crippen molar-refractivity contribution in [3.63, 3.8) is 0 Å². The fourth-order valence-corrected chi connectivity index (χ4v) is 6.91. The molecule has 0 spiro atoms. The SMILES string of the molecule is Cn1ccnc1SC[C@@H]1C[C@H](c2ccc(CO)cc2)O[C@H](c2ccc(-c3cccc(CNC(=O)Nc4ccc(Oc5ccccc5)cc4)c3)cc2)O1. The summed E-state index contributed by atoms with van der Waals surface area (Å²) in [4.78, 5) is 17.1. The van der Waals surface area contributed by atoms with E-state index in [9.17, 15) is 9.90 Å². The van der Waals surface area contributed by atoms with Crippen molar-refractivity contribution in [3.05, 3.63) is 162 Å². The molecule has 0 radical (unpaired) electrons. The molecule has 2 amide bonds. The summed E-state index contributed by atoms with van der Waals surface area (Å²) in [7, 11) is 1.99. The van der Waals surface area contributed by atoms with Crippen LogP contribution in [0.25, 0.3) is 11.1 Å². The normalized spacial score (nSPS) is 17.0. The van der Waals surface area contributed by atoms with Crippen LogP contribution in [0.3, 0.4) is 0 Å². The summed E-state index contributed by atoms with van der Waals surface area (Å²) < 4.78 is 20.9. The number of rotatable bonds is 12. The Morgan fingerprint density at radius 3 is 2.33 bits per heavy atom. The van der Waals surface area contributed by atoms with E-state index in [1.54, 1.807) is 18.0 Å². The smallest absolute Gasteiger partial charge is 0.319 e. The lowest BCUT2D eigenvalue weighted by molar-refractivity contribution is -0.245. The predicted octanol–water partition coefficient (Wildman–Crippen LogP) is 9.03. The average molecular weight is 713 g/mol.